The second-order valence-corrected chi connectivity index (χ2v) is 5.79. The summed E-state index contributed by atoms with van der Waals surface area (Å²) in [5, 5.41) is 12.0. The molecule has 1 aromatic carbocycles. The highest BCUT2D eigenvalue weighted by molar-refractivity contribution is 7.99. The van der Waals surface area contributed by atoms with Crippen molar-refractivity contribution in [1.82, 2.24) is 9.55 Å². The van der Waals surface area contributed by atoms with Crippen LogP contribution in [0.25, 0.3) is 11.0 Å². The van der Waals surface area contributed by atoms with Crippen LogP contribution in [0.3, 0.4) is 0 Å². The Bertz CT molecular complexity index is 653. The fourth-order valence-electron chi connectivity index (χ4n) is 2.46. The number of nitrogens with zero attached hydrogens (tertiary/aromatic N) is 3. The number of thioether (sulfide) groups is 1. The summed E-state index contributed by atoms with van der Waals surface area (Å²) in [6.45, 7) is 1.02. The van der Waals surface area contributed by atoms with Gasteiger partial charge in [-0.3, -0.25) is 0 Å². The number of anilines is 1. The topological polar surface area (TPSA) is 53.6 Å². The summed E-state index contributed by atoms with van der Waals surface area (Å²) in [5.74, 6) is 2.16. The Morgan fingerprint density at radius 3 is 3.26 bits per heavy atom. The van der Waals surface area contributed by atoms with Gasteiger partial charge in [-0.25, -0.2) is 4.98 Å². The van der Waals surface area contributed by atoms with Crippen LogP contribution in [0.15, 0.2) is 17.0 Å². The molecular weight excluding hydrogens is 256 g/mol. The predicted molar refractivity (Wildman–Crippen MR) is 78.5 cm³/mol. The molecule has 0 spiro atoms. The number of benzene rings is 1. The van der Waals surface area contributed by atoms with E-state index in [0.29, 0.717) is 6.42 Å². The summed E-state index contributed by atoms with van der Waals surface area (Å²) in [7, 11) is 2.06. The van der Waals surface area contributed by atoms with Gasteiger partial charge in [-0.15, -0.1) is 11.8 Å². The van der Waals surface area contributed by atoms with Crippen LogP contribution in [-0.4, -0.2) is 21.8 Å². The van der Waals surface area contributed by atoms with Gasteiger partial charge in [0.2, 0.25) is 0 Å². The first-order chi connectivity index (χ1) is 9.31. The highest BCUT2D eigenvalue weighted by Crippen LogP contribution is 2.37. The number of aromatic nitrogens is 2. The van der Waals surface area contributed by atoms with Gasteiger partial charge in [0, 0.05) is 32.2 Å². The van der Waals surface area contributed by atoms with E-state index in [-0.39, 0.29) is 0 Å². The molecule has 0 saturated heterocycles. The van der Waals surface area contributed by atoms with Crippen LogP contribution < -0.4 is 5.32 Å². The van der Waals surface area contributed by atoms with Gasteiger partial charge in [0.05, 0.1) is 22.2 Å². The zero-order valence-electron chi connectivity index (χ0n) is 10.9. The number of nitrogens with one attached hydrogen (secondary N) is 1. The van der Waals surface area contributed by atoms with E-state index in [1.807, 2.05) is 11.8 Å². The summed E-state index contributed by atoms with van der Waals surface area (Å²) in [6, 6.07) is 6.47. The van der Waals surface area contributed by atoms with Gasteiger partial charge in [-0.05, 0) is 18.6 Å². The van der Waals surface area contributed by atoms with E-state index < -0.39 is 0 Å². The molecule has 0 saturated carbocycles. The van der Waals surface area contributed by atoms with Crippen LogP contribution in [-0.2, 0) is 13.5 Å². The Balaban J connectivity index is 2.02. The third-order valence-electron chi connectivity index (χ3n) is 3.45. The van der Waals surface area contributed by atoms with Crippen molar-refractivity contribution in [3.05, 3.63) is 18.0 Å². The molecule has 19 heavy (non-hydrogen) atoms. The van der Waals surface area contributed by atoms with Gasteiger partial charge < -0.3 is 9.88 Å². The Morgan fingerprint density at radius 2 is 2.42 bits per heavy atom. The van der Waals surface area contributed by atoms with Gasteiger partial charge in [-0.1, -0.05) is 0 Å². The lowest BCUT2D eigenvalue weighted by molar-refractivity contribution is 0.746. The van der Waals surface area contributed by atoms with E-state index in [1.165, 1.54) is 16.1 Å². The minimum absolute atomic E-state index is 0.595. The van der Waals surface area contributed by atoms with Crippen LogP contribution >= 0.6 is 11.8 Å². The predicted octanol–water partition coefficient (Wildman–Crippen LogP) is 2.94. The summed E-state index contributed by atoms with van der Waals surface area (Å²) in [4.78, 5) is 6.06. The number of hydrogen-bond donors (Lipinski definition) is 1. The Hall–Kier alpha value is -1.67. The SMILES string of the molecule is Cn1c(CCCC#N)nc2c3c(ccc21)NCCS3. The first-order valence-electron chi connectivity index (χ1n) is 6.53. The molecule has 0 amide bonds. The average molecular weight is 272 g/mol. The van der Waals surface area contributed by atoms with Crippen molar-refractivity contribution in [3.8, 4) is 6.07 Å². The van der Waals surface area contributed by atoms with Gasteiger partial charge in [-0.2, -0.15) is 5.26 Å². The second-order valence-electron chi connectivity index (χ2n) is 4.68. The van der Waals surface area contributed by atoms with Crippen molar-refractivity contribution < 1.29 is 0 Å². The molecule has 1 aromatic heterocycles. The van der Waals surface area contributed by atoms with Crippen molar-refractivity contribution in [2.45, 2.75) is 24.2 Å². The number of imidazole rings is 1. The molecule has 2 aromatic rings. The van der Waals surface area contributed by atoms with Gasteiger partial charge in [0.1, 0.15) is 11.3 Å². The van der Waals surface area contributed by atoms with Crippen LogP contribution in [0, 0.1) is 11.3 Å². The molecule has 0 unspecified atom stereocenters. The maximum atomic E-state index is 8.62. The molecular formula is C14H16N4S. The highest BCUT2D eigenvalue weighted by atomic mass is 32.2. The molecule has 1 aliphatic heterocycles. The molecule has 0 bridgehead atoms. The van der Waals surface area contributed by atoms with Crippen LogP contribution in [0.4, 0.5) is 5.69 Å². The largest absolute Gasteiger partial charge is 0.383 e. The lowest BCUT2D eigenvalue weighted by Crippen LogP contribution is -2.10. The molecule has 0 fully saturated rings. The van der Waals surface area contributed by atoms with Crippen molar-refractivity contribution in [1.29, 1.82) is 5.26 Å². The van der Waals surface area contributed by atoms with E-state index in [1.54, 1.807) is 0 Å². The van der Waals surface area contributed by atoms with Gasteiger partial charge >= 0.3 is 0 Å². The zero-order chi connectivity index (χ0) is 13.2. The van der Waals surface area contributed by atoms with E-state index in [0.717, 1.165) is 36.5 Å². The first-order valence-corrected chi connectivity index (χ1v) is 7.51. The summed E-state index contributed by atoms with van der Waals surface area (Å²) >= 11 is 1.88. The minimum atomic E-state index is 0.595. The molecule has 4 nitrogen and oxygen atoms in total. The quantitative estimate of drug-likeness (QED) is 0.873. The maximum absolute atomic E-state index is 8.62. The molecule has 1 aliphatic rings. The Kier molecular flexibility index (Phi) is 3.34. The monoisotopic (exact) mass is 272 g/mol. The standard InChI is InChI=1S/C14H16N4S/c1-18-11-6-5-10-14(19-9-8-16-10)13(11)17-12(18)4-2-3-7-15/h5-6,16H,2-4,8-9H2,1H3. The molecule has 3 rings (SSSR count). The van der Waals surface area contributed by atoms with Crippen molar-refractivity contribution in [3.63, 3.8) is 0 Å². The normalized spacial score (nSPS) is 13.9. The zero-order valence-corrected chi connectivity index (χ0v) is 11.8. The molecule has 0 aliphatic carbocycles. The first kappa shape index (κ1) is 12.4. The average Bonchev–Trinajstić information content (AvgIpc) is 2.77. The summed E-state index contributed by atoms with van der Waals surface area (Å²) in [5.41, 5.74) is 3.48. The van der Waals surface area contributed by atoms with Gasteiger partial charge in [0.25, 0.3) is 0 Å². The molecule has 0 atom stereocenters. The smallest absolute Gasteiger partial charge is 0.109 e. The van der Waals surface area contributed by atoms with Crippen LogP contribution in [0.2, 0.25) is 0 Å². The summed E-state index contributed by atoms with van der Waals surface area (Å²) < 4.78 is 2.15. The van der Waals surface area contributed by atoms with E-state index in [4.69, 9.17) is 10.2 Å². The van der Waals surface area contributed by atoms with Crippen molar-refractivity contribution in [2.75, 3.05) is 17.6 Å². The highest BCUT2D eigenvalue weighted by Gasteiger charge is 2.17. The van der Waals surface area contributed by atoms with Gasteiger partial charge in [0.15, 0.2) is 0 Å². The third-order valence-corrected chi connectivity index (χ3v) is 4.56. The van der Waals surface area contributed by atoms with Crippen molar-refractivity contribution in [2.24, 2.45) is 7.05 Å². The lowest BCUT2D eigenvalue weighted by atomic mass is 10.2. The Morgan fingerprint density at radius 1 is 1.53 bits per heavy atom. The van der Waals surface area contributed by atoms with Crippen LogP contribution in [0.1, 0.15) is 18.7 Å². The molecule has 2 heterocycles. The molecule has 1 N–H and O–H groups in total. The number of unbranched alkanes of at least 4 members (excludes halogenated alkanes) is 1. The van der Waals surface area contributed by atoms with E-state index >= 15 is 0 Å². The third kappa shape index (κ3) is 2.17. The summed E-state index contributed by atoms with van der Waals surface area (Å²) in [6.07, 6.45) is 2.34. The minimum Gasteiger partial charge on any atom is -0.383 e. The van der Waals surface area contributed by atoms with E-state index in [9.17, 15) is 0 Å². The number of aryl methyl sites for hydroxylation is 2. The molecule has 0 radical (unpaired) electrons. The van der Waals surface area contributed by atoms with Crippen molar-refractivity contribution >= 4 is 28.5 Å². The fourth-order valence-corrected chi connectivity index (χ4v) is 3.45. The number of fused-ring (bicyclic) bond motifs is 3. The Labute approximate surface area is 116 Å². The second kappa shape index (κ2) is 5.14. The number of rotatable bonds is 3. The fraction of sp³-hybridized carbons (Fsp3) is 0.429. The molecule has 98 valence electrons. The number of hydrogen-bond acceptors (Lipinski definition) is 4. The lowest BCUT2D eigenvalue weighted by Gasteiger charge is -2.17. The molecule has 5 heteroatoms. The van der Waals surface area contributed by atoms with Crippen LogP contribution in [0.5, 0.6) is 0 Å². The maximum Gasteiger partial charge on any atom is 0.109 e. The van der Waals surface area contributed by atoms with E-state index in [2.05, 4.69) is 35.1 Å². The number of nitriles is 1.